The second kappa shape index (κ2) is 9.75. The Hall–Kier alpha value is -2.70. The fraction of sp³-hybridized carbons (Fsp3) is 0.435. The molecule has 2 amide bonds. The van der Waals surface area contributed by atoms with Gasteiger partial charge in [-0.25, -0.2) is 22.4 Å². The van der Waals surface area contributed by atoms with Gasteiger partial charge in [0.05, 0.1) is 18.6 Å². The van der Waals surface area contributed by atoms with Gasteiger partial charge >= 0.3 is 6.03 Å². The average molecular weight is 515 g/mol. The zero-order valence-corrected chi connectivity index (χ0v) is 20.0. The normalized spacial score (nSPS) is 22.5. The van der Waals surface area contributed by atoms with Crippen molar-refractivity contribution >= 4 is 16.2 Å². The summed E-state index contributed by atoms with van der Waals surface area (Å²) in [7, 11) is -1.49. The van der Waals surface area contributed by atoms with Gasteiger partial charge < -0.3 is 9.80 Å². The van der Waals surface area contributed by atoms with Gasteiger partial charge in [0.2, 0.25) is 0 Å². The predicted molar refractivity (Wildman–Crippen MR) is 122 cm³/mol. The van der Waals surface area contributed by atoms with Crippen LogP contribution in [0.4, 0.5) is 22.4 Å². The monoisotopic (exact) mass is 514 g/mol. The van der Waals surface area contributed by atoms with Crippen molar-refractivity contribution in [3.8, 4) is 11.1 Å². The standard InChI is InChI=1S/C23H26F4N4O3S/c1-29(2)35(33,34)28-22-19(26)13-31(23(32)30-7-4-8-30)20(22)11-14-5-3-6-18(21(14)27)15-9-16(24)12-17(25)10-15/h3,5-6,9-10,12,19-20,22,28H,4,7-8,11,13H2,1-2H3/t19-,20-,22-/m0/s1. The van der Waals surface area contributed by atoms with Crippen LogP contribution in [0.3, 0.4) is 0 Å². The van der Waals surface area contributed by atoms with Crippen molar-refractivity contribution in [3.63, 3.8) is 0 Å². The number of hydrogen-bond donors (Lipinski definition) is 1. The fourth-order valence-electron chi connectivity index (χ4n) is 4.34. The van der Waals surface area contributed by atoms with Crippen molar-refractivity contribution in [2.75, 3.05) is 33.7 Å². The molecule has 0 spiro atoms. The van der Waals surface area contributed by atoms with Gasteiger partial charge in [-0.05, 0) is 36.1 Å². The molecule has 2 saturated heterocycles. The lowest BCUT2D eigenvalue weighted by Crippen LogP contribution is -2.55. The highest BCUT2D eigenvalue weighted by Crippen LogP contribution is 2.31. The number of urea groups is 1. The molecule has 0 aliphatic carbocycles. The molecule has 3 atom stereocenters. The molecule has 2 aliphatic heterocycles. The van der Waals surface area contributed by atoms with E-state index in [0.717, 1.165) is 22.9 Å². The Balaban J connectivity index is 1.70. The van der Waals surface area contributed by atoms with Gasteiger partial charge in [0, 0.05) is 38.8 Å². The maximum atomic E-state index is 15.5. The molecule has 0 bridgehead atoms. The van der Waals surface area contributed by atoms with Crippen molar-refractivity contribution in [1.29, 1.82) is 0 Å². The molecule has 7 nitrogen and oxygen atoms in total. The molecule has 0 saturated carbocycles. The van der Waals surface area contributed by atoms with E-state index in [9.17, 15) is 22.0 Å². The van der Waals surface area contributed by atoms with Gasteiger partial charge in [-0.3, -0.25) is 0 Å². The largest absolute Gasteiger partial charge is 0.325 e. The van der Waals surface area contributed by atoms with Crippen LogP contribution in [0.15, 0.2) is 36.4 Å². The summed E-state index contributed by atoms with van der Waals surface area (Å²) in [6, 6.07) is 4.13. The minimum Gasteiger partial charge on any atom is -0.325 e. The Morgan fingerprint density at radius 1 is 1.11 bits per heavy atom. The number of hydrogen-bond acceptors (Lipinski definition) is 3. The van der Waals surface area contributed by atoms with E-state index < -0.39 is 51.9 Å². The molecule has 2 heterocycles. The van der Waals surface area contributed by atoms with Crippen molar-refractivity contribution in [1.82, 2.24) is 18.8 Å². The Bertz CT molecular complexity index is 1200. The highest BCUT2D eigenvalue weighted by Gasteiger charge is 2.48. The molecule has 35 heavy (non-hydrogen) atoms. The lowest BCUT2D eigenvalue weighted by Gasteiger charge is -2.37. The van der Waals surface area contributed by atoms with Crippen LogP contribution in [0, 0.1) is 17.5 Å². The summed E-state index contributed by atoms with van der Waals surface area (Å²) >= 11 is 0. The minimum atomic E-state index is -4.06. The molecule has 0 aromatic heterocycles. The third-order valence-electron chi connectivity index (χ3n) is 6.39. The Morgan fingerprint density at radius 2 is 1.77 bits per heavy atom. The zero-order valence-electron chi connectivity index (χ0n) is 19.2. The number of nitrogens with one attached hydrogen (secondary N) is 1. The first kappa shape index (κ1) is 25.4. The molecule has 2 aromatic carbocycles. The van der Waals surface area contributed by atoms with Gasteiger partial charge in [-0.15, -0.1) is 0 Å². The molecule has 2 aromatic rings. The number of amides is 2. The van der Waals surface area contributed by atoms with E-state index in [-0.39, 0.29) is 29.7 Å². The first-order valence-corrected chi connectivity index (χ1v) is 12.5. The molecule has 2 aliphatic rings. The smallest absolute Gasteiger partial charge is 0.320 e. The molecule has 4 rings (SSSR count). The Morgan fingerprint density at radius 3 is 2.34 bits per heavy atom. The summed E-state index contributed by atoms with van der Waals surface area (Å²) in [5.41, 5.74) is -0.0292. The van der Waals surface area contributed by atoms with Gasteiger partial charge in [0.1, 0.15) is 23.6 Å². The van der Waals surface area contributed by atoms with Crippen LogP contribution < -0.4 is 4.72 Å². The van der Waals surface area contributed by atoms with Crippen LogP contribution in [0.5, 0.6) is 0 Å². The van der Waals surface area contributed by atoms with Gasteiger partial charge in [0.25, 0.3) is 10.2 Å². The lowest BCUT2D eigenvalue weighted by molar-refractivity contribution is 0.119. The second-order valence-electron chi connectivity index (χ2n) is 8.93. The van der Waals surface area contributed by atoms with E-state index in [2.05, 4.69) is 4.72 Å². The third-order valence-corrected chi connectivity index (χ3v) is 7.93. The predicted octanol–water partition coefficient (Wildman–Crippen LogP) is 2.93. The number of carbonyl (C=O) groups excluding carboxylic acids is 1. The maximum absolute atomic E-state index is 15.5. The van der Waals surface area contributed by atoms with Gasteiger partial charge in [-0.2, -0.15) is 17.4 Å². The number of nitrogens with zero attached hydrogens (tertiary/aromatic N) is 3. The highest BCUT2D eigenvalue weighted by atomic mass is 32.2. The molecule has 0 unspecified atom stereocenters. The van der Waals surface area contributed by atoms with Crippen molar-refractivity contribution < 1.29 is 30.8 Å². The van der Waals surface area contributed by atoms with E-state index in [1.807, 2.05) is 0 Å². The zero-order chi connectivity index (χ0) is 25.5. The van der Waals surface area contributed by atoms with Gasteiger partial charge in [-0.1, -0.05) is 18.2 Å². The Labute approximate surface area is 201 Å². The molecule has 190 valence electrons. The topological polar surface area (TPSA) is 73.0 Å². The summed E-state index contributed by atoms with van der Waals surface area (Å²) < 4.78 is 86.2. The first-order chi connectivity index (χ1) is 16.5. The number of benzene rings is 2. The summed E-state index contributed by atoms with van der Waals surface area (Å²) in [4.78, 5) is 15.7. The second-order valence-corrected chi connectivity index (χ2v) is 10.8. The summed E-state index contributed by atoms with van der Waals surface area (Å²) in [6.07, 6.45) is -1.12. The molecule has 2 fully saturated rings. The van der Waals surface area contributed by atoms with E-state index in [1.165, 1.54) is 42.1 Å². The van der Waals surface area contributed by atoms with Crippen LogP contribution in [0.2, 0.25) is 0 Å². The molecule has 1 N–H and O–H groups in total. The number of alkyl halides is 1. The molecular weight excluding hydrogens is 488 g/mol. The van der Waals surface area contributed by atoms with Crippen LogP contribution in [0.25, 0.3) is 11.1 Å². The summed E-state index contributed by atoms with van der Waals surface area (Å²) in [5.74, 6) is -2.53. The number of rotatable bonds is 6. The molecule has 0 radical (unpaired) electrons. The number of carbonyl (C=O) groups is 1. The summed E-state index contributed by atoms with van der Waals surface area (Å²) in [5, 5.41) is 0. The van der Waals surface area contributed by atoms with E-state index in [1.54, 1.807) is 0 Å². The van der Waals surface area contributed by atoms with Crippen molar-refractivity contribution in [3.05, 3.63) is 59.4 Å². The van der Waals surface area contributed by atoms with Gasteiger partial charge in [0.15, 0.2) is 0 Å². The highest BCUT2D eigenvalue weighted by molar-refractivity contribution is 7.87. The fourth-order valence-corrected chi connectivity index (χ4v) is 5.20. The van der Waals surface area contributed by atoms with Crippen LogP contribution in [0.1, 0.15) is 12.0 Å². The van der Waals surface area contributed by atoms with E-state index in [0.29, 0.717) is 19.2 Å². The first-order valence-electron chi connectivity index (χ1n) is 11.1. The van der Waals surface area contributed by atoms with Crippen LogP contribution in [-0.2, 0) is 16.6 Å². The minimum absolute atomic E-state index is 0.0185. The average Bonchev–Trinajstić information content (AvgIpc) is 3.02. The van der Waals surface area contributed by atoms with Crippen molar-refractivity contribution in [2.45, 2.75) is 31.1 Å². The number of halogens is 4. The SMILES string of the molecule is CN(C)S(=O)(=O)N[C@H]1[C@@H](F)CN(C(=O)N2CCC2)[C@H]1Cc1cccc(-c2cc(F)cc(F)c2)c1F. The molecular formula is C23H26F4N4O3S. The van der Waals surface area contributed by atoms with E-state index in [4.69, 9.17) is 0 Å². The number of likely N-dealkylation sites (tertiary alicyclic amines) is 2. The maximum Gasteiger partial charge on any atom is 0.320 e. The van der Waals surface area contributed by atoms with Crippen molar-refractivity contribution in [2.24, 2.45) is 0 Å². The van der Waals surface area contributed by atoms with E-state index >= 15 is 8.78 Å². The third kappa shape index (κ3) is 5.14. The Kier molecular flexibility index (Phi) is 7.07. The van der Waals surface area contributed by atoms with Crippen LogP contribution >= 0.6 is 0 Å². The van der Waals surface area contributed by atoms with Crippen LogP contribution in [-0.4, -0.2) is 80.5 Å². The lowest BCUT2D eigenvalue weighted by atomic mass is 9.95. The summed E-state index contributed by atoms with van der Waals surface area (Å²) in [6.45, 7) is 0.654. The quantitative estimate of drug-likeness (QED) is 0.603. The molecule has 12 heteroatoms.